The Balaban J connectivity index is 1.33. The summed E-state index contributed by atoms with van der Waals surface area (Å²) in [5.74, 6) is 0.635. The molecule has 3 heterocycles. The second kappa shape index (κ2) is 11.3. The Kier molecular flexibility index (Phi) is 8.08. The van der Waals surface area contributed by atoms with Crippen LogP contribution in [0.15, 0.2) is 42.5 Å². The standard InChI is InChI=1S/C28H35Cl2N3O3/c1-35-26-6-3-2-5-23(26)27(34)33-11-4-9-28(20-33,21-7-8-24(29)25(30)17-21)10-12-31-18-22(19-31)32-13-15-36-16-14-32/h2-3,5-8,17,22H,4,9-16,18-20H2,1H3. The zero-order valence-corrected chi connectivity index (χ0v) is 22.4. The van der Waals surface area contributed by atoms with Crippen molar-refractivity contribution in [2.75, 3.05) is 66.1 Å². The molecule has 1 atom stereocenters. The van der Waals surface area contributed by atoms with Gasteiger partial charge >= 0.3 is 0 Å². The minimum absolute atomic E-state index is 0.0212. The maximum absolute atomic E-state index is 13.6. The Labute approximate surface area is 224 Å². The van der Waals surface area contributed by atoms with E-state index in [1.165, 1.54) is 5.56 Å². The molecule has 3 aliphatic rings. The van der Waals surface area contributed by atoms with E-state index in [2.05, 4.69) is 15.9 Å². The van der Waals surface area contributed by atoms with E-state index in [1.54, 1.807) is 7.11 Å². The maximum atomic E-state index is 13.6. The maximum Gasteiger partial charge on any atom is 0.257 e. The van der Waals surface area contributed by atoms with Gasteiger partial charge in [-0.05, 0) is 55.6 Å². The highest BCUT2D eigenvalue weighted by Gasteiger charge is 2.41. The number of hydrogen-bond donors (Lipinski definition) is 0. The Morgan fingerprint density at radius 1 is 1.08 bits per heavy atom. The van der Waals surface area contributed by atoms with Gasteiger partial charge in [-0.1, -0.05) is 41.4 Å². The van der Waals surface area contributed by atoms with Gasteiger partial charge in [0.25, 0.3) is 5.91 Å². The molecule has 0 radical (unpaired) electrons. The average molecular weight is 533 g/mol. The van der Waals surface area contributed by atoms with Crippen LogP contribution in [-0.2, 0) is 10.2 Å². The zero-order chi connectivity index (χ0) is 25.1. The van der Waals surface area contributed by atoms with E-state index in [4.69, 9.17) is 32.7 Å². The third kappa shape index (κ3) is 5.39. The predicted octanol–water partition coefficient (Wildman–Crippen LogP) is 4.58. The summed E-state index contributed by atoms with van der Waals surface area (Å²) in [6.07, 6.45) is 2.93. The largest absolute Gasteiger partial charge is 0.496 e. The number of ether oxygens (including phenoxy) is 2. The first-order valence-corrected chi connectivity index (χ1v) is 13.7. The van der Waals surface area contributed by atoms with Gasteiger partial charge < -0.3 is 19.3 Å². The molecule has 1 unspecified atom stereocenters. The highest BCUT2D eigenvalue weighted by atomic mass is 35.5. The molecule has 0 aliphatic carbocycles. The number of hydrogen-bond acceptors (Lipinski definition) is 5. The number of likely N-dealkylation sites (tertiary alicyclic amines) is 2. The van der Waals surface area contributed by atoms with Crippen molar-refractivity contribution in [1.82, 2.24) is 14.7 Å². The average Bonchev–Trinajstić information content (AvgIpc) is 2.89. The van der Waals surface area contributed by atoms with E-state index >= 15 is 0 Å². The molecule has 0 N–H and O–H groups in total. The predicted molar refractivity (Wildman–Crippen MR) is 144 cm³/mol. The van der Waals surface area contributed by atoms with Crippen LogP contribution in [0.25, 0.3) is 0 Å². The summed E-state index contributed by atoms with van der Waals surface area (Å²) < 4.78 is 11.0. The zero-order valence-electron chi connectivity index (χ0n) is 20.9. The molecule has 0 bridgehead atoms. The fourth-order valence-electron chi connectivity index (χ4n) is 5.98. The van der Waals surface area contributed by atoms with Gasteiger partial charge in [0.15, 0.2) is 0 Å². The first kappa shape index (κ1) is 25.8. The van der Waals surface area contributed by atoms with Crippen molar-refractivity contribution >= 4 is 29.1 Å². The molecule has 5 rings (SSSR count). The van der Waals surface area contributed by atoms with E-state index in [1.807, 2.05) is 41.3 Å². The van der Waals surface area contributed by atoms with Gasteiger partial charge in [-0.25, -0.2) is 0 Å². The number of amides is 1. The monoisotopic (exact) mass is 531 g/mol. The third-order valence-corrected chi connectivity index (χ3v) is 8.88. The number of morpholine rings is 1. The van der Waals surface area contributed by atoms with Gasteiger partial charge in [-0.15, -0.1) is 0 Å². The Morgan fingerprint density at radius 2 is 1.86 bits per heavy atom. The van der Waals surface area contributed by atoms with Crippen molar-refractivity contribution in [3.63, 3.8) is 0 Å². The summed E-state index contributed by atoms with van der Waals surface area (Å²) in [6, 6.07) is 14.1. The number of rotatable bonds is 7. The van der Waals surface area contributed by atoms with Gasteiger partial charge in [0, 0.05) is 50.7 Å². The molecule has 1 amide bonds. The number of para-hydroxylation sites is 1. The quantitative estimate of drug-likeness (QED) is 0.523. The lowest BCUT2D eigenvalue weighted by Gasteiger charge is -2.49. The summed E-state index contributed by atoms with van der Waals surface area (Å²) in [5.41, 5.74) is 1.61. The van der Waals surface area contributed by atoms with Crippen LogP contribution in [0.2, 0.25) is 10.0 Å². The van der Waals surface area contributed by atoms with E-state index in [0.717, 1.165) is 71.7 Å². The summed E-state index contributed by atoms with van der Waals surface area (Å²) >= 11 is 12.8. The molecule has 8 heteroatoms. The van der Waals surface area contributed by atoms with Gasteiger partial charge in [0.2, 0.25) is 0 Å². The van der Waals surface area contributed by atoms with E-state index in [9.17, 15) is 4.79 Å². The SMILES string of the molecule is COc1ccccc1C(=O)N1CCCC(CCN2CC(N3CCOCC3)C2)(c2ccc(Cl)c(Cl)c2)C1. The second-order valence-corrected chi connectivity index (χ2v) is 11.1. The fourth-order valence-corrected chi connectivity index (χ4v) is 6.28. The van der Waals surface area contributed by atoms with E-state index < -0.39 is 0 Å². The fraction of sp³-hybridized carbons (Fsp3) is 0.536. The smallest absolute Gasteiger partial charge is 0.257 e. The van der Waals surface area contributed by atoms with Crippen LogP contribution in [0, 0.1) is 0 Å². The summed E-state index contributed by atoms with van der Waals surface area (Å²) in [4.78, 5) is 20.7. The molecule has 2 aromatic rings. The molecular weight excluding hydrogens is 497 g/mol. The lowest BCUT2D eigenvalue weighted by atomic mass is 9.71. The van der Waals surface area contributed by atoms with Crippen molar-refractivity contribution < 1.29 is 14.3 Å². The topological polar surface area (TPSA) is 45.2 Å². The summed E-state index contributed by atoms with van der Waals surface area (Å²) in [6.45, 7) is 8.34. The minimum Gasteiger partial charge on any atom is -0.496 e. The summed E-state index contributed by atoms with van der Waals surface area (Å²) in [7, 11) is 1.61. The number of carbonyl (C=O) groups excluding carboxylic acids is 1. The molecule has 3 fully saturated rings. The van der Waals surface area contributed by atoms with Crippen LogP contribution >= 0.6 is 23.2 Å². The van der Waals surface area contributed by atoms with Crippen molar-refractivity contribution in [2.24, 2.45) is 0 Å². The second-order valence-electron chi connectivity index (χ2n) is 10.3. The van der Waals surface area contributed by atoms with Gasteiger partial charge in [0.1, 0.15) is 5.75 Å². The first-order chi connectivity index (χ1) is 17.5. The van der Waals surface area contributed by atoms with Crippen LogP contribution in [0.1, 0.15) is 35.2 Å². The third-order valence-electron chi connectivity index (χ3n) is 8.14. The van der Waals surface area contributed by atoms with Crippen LogP contribution in [0.3, 0.4) is 0 Å². The molecule has 3 saturated heterocycles. The molecular formula is C28H35Cl2N3O3. The molecule has 3 aliphatic heterocycles. The number of methoxy groups -OCH3 is 1. The normalized spacial score (nSPS) is 23.9. The van der Waals surface area contributed by atoms with Crippen LogP contribution in [0.4, 0.5) is 0 Å². The van der Waals surface area contributed by atoms with Crippen molar-refractivity contribution in [3.05, 3.63) is 63.6 Å². The molecule has 6 nitrogen and oxygen atoms in total. The number of benzene rings is 2. The van der Waals surface area contributed by atoms with Gasteiger partial charge in [-0.2, -0.15) is 0 Å². The highest BCUT2D eigenvalue weighted by molar-refractivity contribution is 6.42. The Morgan fingerprint density at radius 3 is 2.61 bits per heavy atom. The molecule has 0 saturated carbocycles. The highest BCUT2D eigenvalue weighted by Crippen LogP contribution is 2.41. The van der Waals surface area contributed by atoms with Crippen LogP contribution in [0.5, 0.6) is 5.75 Å². The van der Waals surface area contributed by atoms with Crippen molar-refractivity contribution in [1.29, 1.82) is 0 Å². The first-order valence-electron chi connectivity index (χ1n) is 12.9. The van der Waals surface area contributed by atoms with Crippen LogP contribution in [-0.4, -0.2) is 92.8 Å². The number of carbonyl (C=O) groups is 1. The lowest BCUT2D eigenvalue weighted by molar-refractivity contribution is -0.0345. The van der Waals surface area contributed by atoms with Crippen molar-refractivity contribution in [2.45, 2.75) is 30.7 Å². The minimum atomic E-state index is -0.172. The lowest BCUT2D eigenvalue weighted by Crippen LogP contribution is -2.62. The number of nitrogens with zero attached hydrogens (tertiary/aromatic N) is 3. The van der Waals surface area contributed by atoms with Gasteiger partial charge in [-0.3, -0.25) is 9.69 Å². The van der Waals surface area contributed by atoms with Crippen molar-refractivity contribution in [3.8, 4) is 5.75 Å². The molecule has 0 aromatic heterocycles. The van der Waals surface area contributed by atoms with Crippen LogP contribution < -0.4 is 4.74 Å². The molecule has 2 aromatic carbocycles. The Bertz CT molecular complexity index is 1070. The summed E-state index contributed by atoms with van der Waals surface area (Å²) in [5, 5.41) is 1.13. The van der Waals surface area contributed by atoms with E-state index in [0.29, 0.717) is 33.9 Å². The molecule has 36 heavy (non-hydrogen) atoms. The van der Waals surface area contributed by atoms with Gasteiger partial charge in [0.05, 0.1) is 35.9 Å². The Hall–Kier alpha value is -1.83. The van der Waals surface area contributed by atoms with E-state index in [-0.39, 0.29) is 11.3 Å². The molecule has 0 spiro atoms. The number of halogens is 2. The number of piperidine rings is 1. The molecule has 194 valence electrons.